The van der Waals surface area contributed by atoms with Gasteiger partial charge in [-0.1, -0.05) is 0 Å². The lowest BCUT2D eigenvalue weighted by Gasteiger charge is -2.30. The standard InChI is InChI=1S/C19H31N5O3S/c1-14(2)24-13-20-18-17(24)12-16(21-19(18)22(3)10-11-27-4)15-6-8-23(9-7-15)28(5,25)26/h12-15H,6-11H2,1-5H3. The molecule has 1 aliphatic heterocycles. The van der Waals surface area contributed by atoms with Crippen molar-refractivity contribution in [3.8, 4) is 0 Å². The maximum absolute atomic E-state index is 11.8. The average Bonchev–Trinajstić information content (AvgIpc) is 3.09. The summed E-state index contributed by atoms with van der Waals surface area (Å²) in [5.74, 6) is 1.10. The number of imidazole rings is 1. The third-order valence-corrected chi connectivity index (χ3v) is 6.76. The molecule has 3 rings (SSSR count). The molecule has 1 fully saturated rings. The summed E-state index contributed by atoms with van der Waals surface area (Å²) in [7, 11) is 0.566. The molecule has 0 unspecified atom stereocenters. The second-order valence-corrected chi connectivity index (χ2v) is 9.82. The fourth-order valence-electron chi connectivity index (χ4n) is 3.74. The molecule has 0 atom stereocenters. The van der Waals surface area contributed by atoms with Crippen LogP contribution < -0.4 is 4.90 Å². The summed E-state index contributed by atoms with van der Waals surface area (Å²) in [4.78, 5) is 11.7. The largest absolute Gasteiger partial charge is 0.383 e. The Hall–Kier alpha value is -1.71. The Morgan fingerprint density at radius 3 is 2.57 bits per heavy atom. The van der Waals surface area contributed by atoms with Gasteiger partial charge in [0.2, 0.25) is 10.0 Å². The molecule has 1 saturated heterocycles. The van der Waals surface area contributed by atoms with E-state index in [1.54, 1.807) is 11.4 Å². The number of hydrogen-bond donors (Lipinski definition) is 0. The van der Waals surface area contributed by atoms with E-state index in [0.29, 0.717) is 25.7 Å². The Morgan fingerprint density at radius 1 is 1.32 bits per heavy atom. The van der Waals surface area contributed by atoms with E-state index >= 15 is 0 Å². The Bertz CT molecular complexity index is 917. The number of fused-ring (bicyclic) bond motifs is 1. The van der Waals surface area contributed by atoms with Crippen molar-refractivity contribution in [2.24, 2.45) is 0 Å². The summed E-state index contributed by atoms with van der Waals surface area (Å²) in [5, 5.41) is 0. The number of nitrogens with zero attached hydrogens (tertiary/aromatic N) is 5. The minimum Gasteiger partial charge on any atom is -0.383 e. The molecule has 28 heavy (non-hydrogen) atoms. The van der Waals surface area contributed by atoms with Crippen molar-refractivity contribution in [3.05, 3.63) is 18.1 Å². The molecule has 156 valence electrons. The number of piperidine rings is 1. The predicted octanol–water partition coefficient (Wildman–Crippen LogP) is 2.23. The van der Waals surface area contributed by atoms with E-state index in [4.69, 9.17) is 9.72 Å². The van der Waals surface area contributed by atoms with Gasteiger partial charge in [0.1, 0.15) is 5.52 Å². The van der Waals surface area contributed by atoms with E-state index in [1.165, 1.54) is 6.26 Å². The fourth-order valence-corrected chi connectivity index (χ4v) is 4.61. The van der Waals surface area contributed by atoms with Crippen molar-refractivity contribution in [2.45, 2.75) is 38.6 Å². The third kappa shape index (κ3) is 4.31. The molecule has 1 aliphatic rings. The molecule has 2 aromatic rings. The van der Waals surface area contributed by atoms with E-state index < -0.39 is 10.0 Å². The van der Waals surface area contributed by atoms with Gasteiger partial charge in [-0.25, -0.2) is 22.7 Å². The molecule has 0 aliphatic carbocycles. The van der Waals surface area contributed by atoms with Crippen LogP contribution in [0.5, 0.6) is 0 Å². The maximum atomic E-state index is 11.8. The highest BCUT2D eigenvalue weighted by Crippen LogP contribution is 2.33. The Morgan fingerprint density at radius 2 is 2.00 bits per heavy atom. The molecule has 0 N–H and O–H groups in total. The van der Waals surface area contributed by atoms with Crippen molar-refractivity contribution in [3.63, 3.8) is 0 Å². The van der Waals surface area contributed by atoms with Crippen LogP contribution in [0.1, 0.15) is 44.3 Å². The second-order valence-electron chi connectivity index (χ2n) is 7.83. The minimum atomic E-state index is -3.13. The molecule has 2 aromatic heterocycles. The van der Waals surface area contributed by atoms with Crippen LogP contribution in [0.15, 0.2) is 12.4 Å². The van der Waals surface area contributed by atoms with Gasteiger partial charge in [0.15, 0.2) is 5.82 Å². The highest BCUT2D eigenvalue weighted by atomic mass is 32.2. The zero-order valence-corrected chi connectivity index (χ0v) is 18.2. The first-order valence-corrected chi connectivity index (χ1v) is 11.6. The van der Waals surface area contributed by atoms with Crippen LogP contribution >= 0.6 is 0 Å². The van der Waals surface area contributed by atoms with Crippen LogP contribution in [-0.4, -0.2) is 73.9 Å². The van der Waals surface area contributed by atoms with E-state index in [2.05, 4.69) is 34.4 Å². The number of anilines is 1. The van der Waals surface area contributed by atoms with E-state index in [1.807, 2.05) is 13.4 Å². The smallest absolute Gasteiger partial charge is 0.211 e. The molecule has 0 radical (unpaired) electrons. The summed E-state index contributed by atoms with van der Waals surface area (Å²) < 4.78 is 32.6. The van der Waals surface area contributed by atoms with Gasteiger partial charge in [-0.05, 0) is 32.8 Å². The zero-order valence-electron chi connectivity index (χ0n) is 17.4. The van der Waals surface area contributed by atoms with Gasteiger partial charge in [-0.2, -0.15) is 0 Å². The van der Waals surface area contributed by atoms with Gasteiger partial charge in [-0.15, -0.1) is 0 Å². The summed E-state index contributed by atoms with van der Waals surface area (Å²) in [5.41, 5.74) is 2.98. The van der Waals surface area contributed by atoms with E-state index in [9.17, 15) is 8.42 Å². The number of aromatic nitrogens is 3. The SMILES string of the molecule is COCCN(C)c1nc(C2CCN(S(C)(=O)=O)CC2)cc2c1ncn2C(C)C. The summed E-state index contributed by atoms with van der Waals surface area (Å²) in [6.45, 7) is 6.70. The molecule has 9 heteroatoms. The zero-order chi connectivity index (χ0) is 20.5. The highest BCUT2D eigenvalue weighted by Gasteiger charge is 2.28. The molecule has 0 saturated carbocycles. The average molecular weight is 410 g/mol. The molecule has 3 heterocycles. The predicted molar refractivity (Wildman–Crippen MR) is 111 cm³/mol. The van der Waals surface area contributed by atoms with E-state index in [-0.39, 0.29) is 5.92 Å². The highest BCUT2D eigenvalue weighted by molar-refractivity contribution is 7.88. The van der Waals surface area contributed by atoms with Crippen LogP contribution in [0.25, 0.3) is 11.0 Å². The maximum Gasteiger partial charge on any atom is 0.211 e. The topological polar surface area (TPSA) is 80.6 Å². The first-order valence-electron chi connectivity index (χ1n) is 9.75. The van der Waals surface area contributed by atoms with Gasteiger partial charge in [0, 0.05) is 51.4 Å². The van der Waals surface area contributed by atoms with Crippen LogP contribution in [0, 0.1) is 0 Å². The minimum absolute atomic E-state index is 0.243. The van der Waals surface area contributed by atoms with Gasteiger partial charge in [0.05, 0.1) is 24.7 Å². The summed E-state index contributed by atoms with van der Waals surface area (Å²) in [6, 6.07) is 2.43. The normalized spacial score (nSPS) is 16.9. The van der Waals surface area contributed by atoms with Crippen LogP contribution in [0.2, 0.25) is 0 Å². The summed E-state index contributed by atoms with van der Waals surface area (Å²) in [6.07, 6.45) is 4.72. The molecular formula is C19H31N5O3S. The second kappa shape index (κ2) is 8.34. The van der Waals surface area contributed by atoms with Crippen LogP contribution in [0.4, 0.5) is 5.82 Å². The number of likely N-dealkylation sites (N-methyl/N-ethyl adjacent to an activating group) is 1. The van der Waals surface area contributed by atoms with Crippen molar-refractivity contribution < 1.29 is 13.2 Å². The number of ether oxygens (including phenoxy) is 1. The Labute approximate surface area is 167 Å². The van der Waals surface area contributed by atoms with Crippen molar-refractivity contribution in [1.82, 2.24) is 18.8 Å². The number of hydrogen-bond acceptors (Lipinski definition) is 6. The Balaban J connectivity index is 1.97. The number of rotatable bonds is 7. The first-order chi connectivity index (χ1) is 13.2. The van der Waals surface area contributed by atoms with Gasteiger partial charge >= 0.3 is 0 Å². The van der Waals surface area contributed by atoms with Gasteiger partial charge in [0.25, 0.3) is 0 Å². The van der Waals surface area contributed by atoms with Gasteiger partial charge in [-0.3, -0.25) is 0 Å². The first kappa shape index (κ1) is 21.0. The number of pyridine rings is 1. The molecule has 8 nitrogen and oxygen atoms in total. The van der Waals surface area contributed by atoms with Crippen LogP contribution in [-0.2, 0) is 14.8 Å². The van der Waals surface area contributed by atoms with E-state index in [0.717, 1.165) is 41.9 Å². The van der Waals surface area contributed by atoms with Crippen molar-refractivity contribution in [1.29, 1.82) is 0 Å². The molecule has 0 bridgehead atoms. The summed E-state index contributed by atoms with van der Waals surface area (Å²) >= 11 is 0. The molecule has 0 spiro atoms. The monoisotopic (exact) mass is 409 g/mol. The lowest BCUT2D eigenvalue weighted by Crippen LogP contribution is -2.37. The Kier molecular flexibility index (Phi) is 6.26. The molecular weight excluding hydrogens is 378 g/mol. The fraction of sp³-hybridized carbons (Fsp3) is 0.684. The lowest BCUT2D eigenvalue weighted by molar-refractivity contribution is 0.206. The molecule has 0 aromatic carbocycles. The van der Waals surface area contributed by atoms with Gasteiger partial charge < -0.3 is 14.2 Å². The van der Waals surface area contributed by atoms with Crippen LogP contribution in [0.3, 0.4) is 0 Å². The lowest BCUT2D eigenvalue weighted by atomic mass is 9.94. The van der Waals surface area contributed by atoms with Crippen molar-refractivity contribution >= 4 is 26.9 Å². The van der Waals surface area contributed by atoms with Crippen molar-refractivity contribution in [2.75, 3.05) is 51.6 Å². The third-order valence-electron chi connectivity index (χ3n) is 5.45. The number of methoxy groups -OCH3 is 1. The molecule has 0 amide bonds. The quantitative estimate of drug-likeness (QED) is 0.698. The number of sulfonamides is 1.